The van der Waals surface area contributed by atoms with E-state index >= 15 is 0 Å². The standard InChI is InChI=1S/C25H29N3O3/c1-29-17-6-5-13-28(14-17)21-15-30-22-10-3-2-7-18(22)23(21)26-19-8-4-9-20-24(19)31-25(27-20)16-11-12-16/h2-4,7-10,16-17,21,23,26H,5-6,11-15H2,1H3. The SMILES string of the molecule is COC1CCCN(C2COc3ccccc3C2Nc2cccc3nc(C4CC4)oc23)C1. The summed E-state index contributed by atoms with van der Waals surface area (Å²) >= 11 is 0. The third kappa shape index (κ3) is 3.58. The van der Waals surface area contributed by atoms with Crippen LogP contribution < -0.4 is 10.1 Å². The van der Waals surface area contributed by atoms with Crippen LogP contribution in [-0.2, 0) is 4.74 Å². The van der Waals surface area contributed by atoms with Crippen LogP contribution in [0.3, 0.4) is 0 Å². The van der Waals surface area contributed by atoms with E-state index in [1.165, 1.54) is 18.4 Å². The molecule has 0 spiro atoms. The molecular formula is C25H29N3O3. The number of anilines is 1. The van der Waals surface area contributed by atoms with Crippen molar-refractivity contribution in [2.24, 2.45) is 0 Å². The number of hydrogen-bond donors (Lipinski definition) is 1. The molecule has 2 aromatic carbocycles. The second-order valence-electron chi connectivity index (χ2n) is 9.01. The number of para-hydroxylation sites is 2. The number of oxazole rings is 1. The van der Waals surface area contributed by atoms with Crippen molar-refractivity contribution in [3.63, 3.8) is 0 Å². The second-order valence-corrected chi connectivity index (χ2v) is 9.01. The Morgan fingerprint density at radius 3 is 2.87 bits per heavy atom. The summed E-state index contributed by atoms with van der Waals surface area (Å²) in [6.07, 6.45) is 4.91. The smallest absolute Gasteiger partial charge is 0.198 e. The van der Waals surface area contributed by atoms with Crippen LogP contribution in [0.4, 0.5) is 5.69 Å². The summed E-state index contributed by atoms with van der Waals surface area (Å²) in [6.45, 7) is 2.65. The first kappa shape index (κ1) is 19.1. The van der Waals surface area contributed by atoms with Crippen LogP contribution in [0.5, 0.6) is 5.75 Å². The normalized spacial score (nSPS) is 26.4. The van der Waals surface area contributed by atoms with Gasteiger partial charge in [0.15, 0.2) is 11.5 Å². The minimum absolute atomic E-state index is 0.0978. The van der Waals surface area contributed by atoms with E-state index in [2.05, 4.69) is 40.5 Å². The van der Waals surface area contributed by atoms with E-state index in [0.717, 1.165) is 54.4 Å². The third-order valence-corrected chi connectivity index (χ3v) is 6.93. The number of nitrogens with one attached hydrogen (secondary N) is 1. The number of benzene rings is 2. The molecule has 1 aromatic heterocycles. The molecule has 6 rings (SSSR count). The minimum Gasteiger partial charge on any atom is -0.491 e. The van der Waals surface area contributed by atoms with Crippen LogP contribution in [0.2, 0.25) is 0 Å². The van der Waals surface area contributed by atoms with Gasteiger partial charge < -0.3 is 19.2 Å². The molecule has 3 aromatic rings. The van der Waals surface area contributed by atoms with Crippen molar-refractivity contribution in [2.75, 3.05) is 32.1 Å². The Morgan fingerprint density at radius 1 is 1.10 bits per heavy atom. The third-order valence-electron chi connectivity index (χ3n) is 6.93. The molecule has 162 valence electrons. The number of likely N-dealkylation sites (tertiary alicyclic amines) is 1. The molecule has 3 atom stereocenters. The first-order valence-electron chi connectivity index (χ1n) is 11.4. The minimum atomic E-state index is 0.0978. The number of aromatic nitrogens is 1. The fraction of sp³-hybridized carbons (Fsp3) is 0.480. The lowest BCUT2D eigenvalue weighted by Gasteiger charge is -2.44. The maximum absolute atomic E-state index is 6.23. The Balaban J connectivity index is 1.36. The Bertz CT molecular complexity index is 1080. The number of fused-ring (bicyclic) bond motifs is 2. The molecular weight excluding hydrogens is 390 g/mol. The van der Waals surface area contributed by atoms with Gasteiger partial charge in [-0.3, -0.25) is 4.90 Å². The van der Waals surface area contributed by atoms with Gasteiger partial charge in [0.1, 0.15) is 17.9 Å². The molecule has 0 radical (unpaired) electrons. The first-order valence-corrected chi connectivity index (χ1v) is 11.4. The fourth-order valence-corrected chi connectivity index (χ4v) is 5.05. The lowest BCUT2D eigenvalue weighted by molar-refractivity contribution is -0.00266. The van der Waals surface area contributed by atoms with E-state index in [0.29, 0.717) is 12.5 Å². The molecule has 1 N–H and O–H groups in total. The summed E-state index contributed by atoms with van der Waals surface area (Å²) in [5.41, 5.74) is 3.99. The zero-order valence-corrected chi connectivity index (χ0v) is 17.9. The van der Waals surface area contributed by atoms with E-state index in [4.69, 9.17) is 18.9 Å². The summed E-state index contributed by atoms with van der Waals surface area (Å²) in [4.78, 5) is 7.27. The topological polar surface area (TPSA) is 59.8 Å². The van der Waals surface area contributed by atoms with Crippen molar-refractivity contribution in [2.45, 2.75) is 49.8 Å². The van der Waals surface area contributed by atoms with Gasteiger partial charge in [0.05, 0.1) is 23.9 Å². The molecule has 3 aliphatic rings. The van der Waals surface area contributed by atoms with Crippen molar-refractivity contribution in [1.82, 2.24) is 9.88 Å². The first-order chi connectivity index (χ1) is 15.3. The molecule has 31 heavy (non-hydrogen) atoms. The molecule has 1 saturated carbocycles. The van der Waals surface area contributed by atoms with Crippen LogP contribution in [0.15, 0.2) is 46.9 Å². The van der Waals surface area contributed by atoms with Crippen molar-refractivity contribution in [1.29, 1.82) is 0 Å². The molecule has 6 heteroatoms. The average Bonchev–Trinajstić information content (AvgIpc) is 3.58. The molecule has 3 heterocycles. The van der Waals surface area contributed by atoms with Crippen LogP contribution in [0.25, 0.3) is 11.1 Å². The van der Waals surface area contributed by atoms with Gasteiger partial charge in [0.2, 0.25) is 0 Å². The monoisotopic (exact) mass is 419 g/mol. The highest BCUT2D eigenvalue weighted by Gasteiger charge is 2.37. The molecule has 3 unspecified atom stereocenters. The predicted octanol–water partition coefficient (Wildman–Crippen LogP) is 4.73. The largest absolute Gasteiger partial charge is 0.491 e. The van der Waals surface area contributed by atoms with E-state index in [1.54, 1.807) is 0 Å². The zero-order valence-electron chi connectivity index (χ0n) is 17.9. The predicted molar refractivity (Wildman–Crippen MR) is 120 cm³/mol. The number of nitrogens with zero attached hydrogens (tertiary/aromatic N) is 2. The Hall–Kier alpha value is -2.57. The van der Waals surface area contributed by atoms with Gasteiger partial charge in [-0.25, -0.2) is 4.98 Å². The average molecular weight is 420 g/mol. The summed E-state index contributed by atoms with van der Waals surface area (Å²) in [5.74, 6) is 2.34. The molecule has 0 bridgehead atoms. The number of ether oxygens (including phenoxy) is 2. The van der Waals surface area contributed by atoms with Crippen molar-refractivity contribution in [3.8, 4) is 5.75 Å². The van der Waals surface area contributed by atoms with Gasteiger partial charge in [-0.2, -0.15) is 0 Å². The Morgan fingerprint density at radius 2 is 2.00 bits per heavy atom. The lowest BCUT2D eigenvalue weighted by atomic mass is 9.92. The molecule has 2 aliphatic heterocycles. The van der Waals surface area contributed by atoms with E-state index in [1.807, 2.05) is 19.2 Å². The second kappa shape index (κ2) is 7.84. The van der Waals surface area contributed by atoms with Gasteiger partial charge in [0.25, 0.3) is 0 Å². The summed E-state index contributed by atoms with van der Waals surface area (Å²) < 4.78 is 18.1. The van der Waals surface area contributed by atoms with Gasteiger partial charge in [0, 0.05) is 25.1 Å². The van der Waals surface area contributed by atoms with Crippen LogP contribution >= 0.6 is 0 Å². The summed E-state index contributed by atoms with van der Waals surface area (Å²) in [7, 11) is 1.82. The van der Waals surface area contributed by atoms with Crippen molar-refractivity contribution in [3.05, 3.63) is 53.9 Å². The summed E-state index contributed by atoms with van der Waals surface area (Å²) in [6, 6.07) is 14.9. The van der Waals surface area contributed by atoms with Crippen molar-refractivity contribution >= 4 is 16.8 Å². The van der Waals surface area contributed by atoms with Crippen molar-refractivity contribution < 1.29 is 13.9 Å². The number of methoxy groups -OCH3 is 1. The highest BCUT2D eigenvalue weighted by molar-refractivity contribution is 5.86. The Kier molecular flexibility index (Phi) is 4.84. The number of piperidine rings is 1. The van der Waals surface area contributed by atoms with E-state index < -0.39 is 0 Å². The molecule has 2 fully saturated rings. The maximum Gasteiger partial charge on any atom is 0.198 e. The van der Waals surface area contributed by atoms with Crippen LogP contribution in [-0.4, -0.2) is 48.8 Å². The summed E-state index contributed by atoms with van der Waals surface area (Å²) in [5, 5.41) is 3.84. The van der Waals surface area contributed by atoms with E-state index in [-0.39, 0.29) is 18.2 Å². The quantitative estimate of drug-likeness (QED) is 0.645. The van der Waals surface area contributed by atoms with Gasteiger partial charge in [-0.15, -0.1) is 0 Å². The van der Waals surface area contributed by atoms with Gasteiger partial charge >= 0.3 is 0 Å². The van der Waals surface area contributed by atoms with Crippen LogP contribution in [0.1, 0.15) is 49.1 Å². The maximum atomic E-state index is 6.23. The number of hydrogen-bond acceptors (Lipinski definition) is 6. The van der Waals surface area contributed by atoms with Gasteiger partial charge in [-0.05, 0) is 50.4 Å². The molecule has 6 nitrogen and oxygen atoms in total. The zero-order chi connectivity index (χ0) is 20.8. The number of rotatable bonds is 5. The molecule has 1 aliphatic carbocycles. The Labute approximate surface area is 182 Å². The highest BCUT2D eigenvalue weighted by Crippen LogP contribution is 2.43. The molecule has 1 saturated heterocycles. The van der Waals surface area contributed by atoms with Gasteiger partial charge in [-0.1, -0.05) is 24.3 Å². The highest BCUT2D eigenvalue weighted by atomic mass is 16.5. The molecule has 0 amide bonds. The lowest BCUT2D eigenvalue weighted by Crippen LogP contribution is -2.53. The fourth-order valence-electron chi connectivity index (χ4n) is 5.05. The van der Waals surface area contributed by atoms with E-state index in [9.17, 15) is 0 Å². The van der Waals surface area contributed by atoms with Crippen LogP contribution in [0, 0.1) is 0 Å².